The van der Waals surface area contributed by atoms with E-state index in [0.29, 0.717) is 24.7 Å². The van der Waals surface area contributed by atoms with Gasteiger partial charge in [-0.25, -0.2) is 24.6 Å². The van der Waals surface area contributed by atoms with Crippen LogP contribution in [0.1, 0.15) is 18.5 Å². The highest BCUT2D eigenvalue weighted by Gasteiger charge is 2.33. The molecule has 1 aliphatic rings. The lowest BCUT2D eigenvalue weighted by Gasteiger charge is -2.33. The fraction of sp³-hybridized carbons (Fsp3) is 0.375. The van der Waals surface area contributed by atoms with Crippen molar-refractivity contribution in [3.8, 4) is 5.82 Å². The summed E-state index contributed by atoms with van der Waals surface area (Å²) in [6, 6.07) is 0.943. The Kier molecular flexibility index (Phi) is 4.75. The van der Waals surface area contributed by atoms with E-state index in [2.05, 4.69) is 40.2 Å². The normalized spacial score (nSPS) is 15.6. The van der Waals surface area contributed by atoms with Gasteiger partial charge in [0.05, 0.1) is 12.4 Å². The predicted octanol–water partition coefficient (Wildman–Crippen LogP) is 1.95. The summed E-state index contributed by atoms with van der Waals surface area (Å²) in [5.41, 5.74) is -0.956. The molecule has 0 saturated carbocycles. The summed E-state index contributed by atoms with van der Waals surface area (Å²) in [7, 11) is 0. The van der Waals surface area contributed by atoms with E-state index in [4.69, 9.17) is 0 Å². The number of hydrogen-bond donors (Lipinski definition) is 1. The molecule has 4 heterocycles. The molecule has 0 amide bonds. The highest BCUT2D eigenvalue weighted by Crippen LogP contribution is 2.28. The van der Waals surface area contributed by atoms with Crippen molar-refractivity contribution < 1.29 is 13.2 Å². The van der Waals surface area contributed by atoms with Crippen molar-refractivity contribution in [2.45, 2.75) is 25.1 Å². The number of anilines is 2. The monoisotopic (exact) mass is 391 g/mol. The van der Waals surface area contributed by atoms with Crippen molar-refractivity contribution >= 4 is 11.6 Å². The van der Waals surface area contributed by atoms with Gasteiger partial charge in [0.1, 0.15) is 36.3 Å². The zero-order valence-electron chi connectivity index (χ0n) is 14.6. The van der Waals surface area contributed by atoms with Gasteiger partial charge in [0.2, 0.25) is 0 Å². The minimum absolute atomic E-state index is 0.0127. The number of alkyl halides is 3. The first-order valence-corrected chi connectivity index (χ1v) is 8.57. The Hall–Kier alpha value is -3.31. The summed E-state index contributed by atoms with van der Waals surface area (Å²) >= 11 is 0. The van der Waals surface area contributed by atoms with Crippen LogP contribution in [0.5, 0.6) is 0 Å². The minimum Gasteiger partial charge on any atom is -0.367 e. The van der Waals surface area contributed by atoms with Gasteiger partial charge >= 0.3 is 6.18 Å². The maximum Gasteiger partial charge on any atom is 0.433 e. The van der Waals surface area contributed by atoms with Gasteiger partial charge < -0.3 is 10.2 Å². The third kappa shape index (κ3) is 4.00. The van der Waals surface area contributed by atoms with E-state index in [1.807, 2.05) is 0 Å². The summed E-state index contributed by atoms with van der Waals surface area (Å²) < 4.78 is 39.8. The molecule has 1 saturated heterocycles. The Morgan fingerprint density at radius 1 is 1.00 bits per heavy atom. The standard InChI is InChI=1S/C16H16F3N9/c17-16(18,19)12-5-13(23-9-22-12)25-11-1-3-27(4-2-11)14-6-20-7-15(26-14)28-10-21-8-24-28/h5-11H,1-4H2,(H,22,23,25). The van der Waals surface area contributed by atoms with Crippen LogP contribution in [0.15, 0.2) is 37.4 Å². The number of aromatic nitrogens is 7. The molecule has 0 aliphatic carbocycles. The molecular weight excluding hydrogens is 375 g/mol. The van der Waals surface area contributed by atoms with Crippen LogP contribution >= 0.6 is 0 Å². The Morgan fingerprint density at radius 3 is 2.50 bits per heavy atom. The molecule has 1 aliphatic heterocycles. The van der Waals surface area contributed by atoms with Gasteiger partial charge in [-0.3, -0.25) is 4.98 Å². The van der Waals surface area contributed by atoms with Crippen LogP contribution < -0.4 is 10.2 Å². The van der Waals surface area contributed by atoms with Crippen molar-refractivity contribution in [1.82, 2.24) is 34.7 Å². The van der Waals surface area contributed by atoms with E-state index in [-0.39, 0.29) is 11.9 Å². The second kappa shape index (κ2) is 7.37. The largest absolute Gasteiger partial charge is 0.433 e. The lowest BCUT2D eigenvalue weighted by Crippen LogP contribution is -2.39. The van der Waals surface area contributed by atoms with Crippen LogP contribution in [0.25, 0.3) is 5.82 Å². The van der Waals surface area contributed by atoms with Crippen molar-refractivity contribution in [2.75, 3.05) is 23.3 Å². The SMILES string of the molecule is FC(F)(F)c1cc(NC2CCN(c3cncc(-n4cncn4)n3)CC2)ncn1. The summed E-state index contributed by atoms with van der Waals surface area (Å²) in [4.78, 5) is 21.9. The van der Waals surface area contributed by atoms with Crippen LogP contribution in [0.3, 0.4) is 0 Å². The van der Waals surface area contributed by atoms with Gasteiger partial charge in [-0.1, -0.05) is 0 Å². The summed E-state index contributed by atoms with van der Waals surface area (Å²) in [6.45, 7) is 1.37. The molecule has 28 heavy (non-hydrogen) atoms. The van der Waals surface area contributed by atoms with Gasteiger partial charge in [-0.05, 0) is 12.8 Å². The van der Waals surface area contributed by atoms with Gasteiger partial charge in [0.25, 0.3) is 0 Å². The van der Waals surface area contributed by atoms with E-state index in [1.54, 1.807) is 18.7 Å². The van der Waals surface area contributed by atoms with E-state index < -0.39 is 11.9 Å². The molecule has 0 aromatic carbocycles. The molecule has 0 bridgehead atoms. The molecule has 12 heteroatoms. The molecular formula is C16H16F3N9. The summed E-state index contributed by atoms with van der Waals surface area (Å²) in [6.07, 6.45) is 4.11. The molecule has 1 N–H and O–H groups in total. The molecule has 0 spiro atoms. The zero-order chi connectivity index (χ0) is 19.6. The highest BCUT2D eigenvalue weighted by molar-refractivity contribution is 5.41. The zero-order valence-corrected chi connectivity index (χ0v) is 14.6. The fourth-order valence-corrected chi connectivity index (χ4v) is 2.99. The van der Waals surface area contributed by atoms with Crippen LogP contribution in [0.4, 0.5) is 24.8 Å². The second-order valence-corrected chi connectivity index (χ2v) is 6.27. The minimum atomic E-state index is -4.49. The van der Waals surface area contributed by atoms with E-state index in [9.17, 15) is 13.2 Å². The topological polar surface area (TPSA) is 97.5 Å². The Morgan fingerprint density at radius 2 is 1.79 bits per heavy atom. The number of rotatable bonds is 4. The lowest BCUT2D eigenvalue weighted by molar-refractivity contribution is -0.141. The molecule has 0 unspecified atom stereocenters. The first-order chi connectivity index (χ1) is 13.5. The molecule has 0 radical (unpaired) electrons. The van der Waals surface area contributed by atoms with Crippen molar-refractivity contribution in [2.24, 2.45) is 0 Å². The fourth-order valence-electron chi connectivity index (χ4n) is 2.99. The van der Waals surface area contributed by atoms with E-state index >= 15 is 0 Å². The van der Waals surface area contributed by atoms with Gasteiger partial charge in [-0.2, -0.15) is 18.3 Å². The Bertz CT molecular complexity index is 921. The van der Waals surface area contributed by atoms with Crippen LogP contribution in [-0.4, -0.2) is 53.8 Å². The Labute approximate surface area is 157 Å². The Balaban J connectivity index is 1.38. The third-order valence-corrected chi connectivity index (χ3v) is 4.39. The van der Waals surface area contributed by atoms with Crippen LogP contribution in [0, 0.1) is 0 Å². The smallest absolute Gasteiger partial charge is 0.367 e. The number of hydrogen-bond acceptors (Lipinski definition) is 8. The molecule has 4 rings (SSSR count). The molecule has 3 aromatic rings. The van der Waals surface area contributed by atoms with Crippen molar-refractivity contribution in [3.63, 3.8) is 0 Å². The molecule has 1 fully saturated rings. The number of nitrogens with zero attached hydrogens (tertiary/aromatic N) is 8. The molecule has 3 aromatic heterocycles. The van der Waals surface area contributed by atoms with E-state index in [0.717, 1.165) is 25.2 Å². The maximum atomic E-state index is 12.8. The van der Waals surface area contributed by atoms with Crippen LogP contribution in [0.2, 0.25) is 0 Å². The van der Waals surface area contributed by atoms with Gasteiger partial charge in [0, 0.05) is 25.2 Å². The predicted molar refractivity (Wildman–Crippen MR) is 92.8 cm³/mol. The van der Waals surface area contributed by atoms with Gasteiger partial charge in [-0.15, -0.1) is 0 Å². The number of piperidine rings is 1. The lowest BCUT2D eigenvalue weighted by atomic mass is 10.1. The van der Waals surface area contributed by atoms with Crippen LogP contribution in [-0.2, 0) is 6.18 Å². The highest BCUT2D eigenvalue weighted by atomic mass is 19.4. The van der Waals surface area contributed by atoms with Crippen molar-refractivity contribution in [1.29, 1.82) is 0 Å². The number of halogens is 3. The molecule has 9 nitrogen and oxygen atoms in total. The first-order valence-electron chi connectivity index (χ1n) is 8.57. The molecule has 146 valence electrons. The average molecular weight is 391 g/mol. The molecule has 0 atom stereocenters. The average Bonchev–Trinajstić information content (AvgIpc) is 3.23. The number of nitrogens with one attached hydrogen (secondary N) is 1. The van der Waals surface area contributed by atoms with Gasteiger partial charge in [0.15, 0.2) is 5.82 Å². The summed E-state index contributed by atoms with van der Waals surface area (Å²) in [5.74, 6) is 1.46. The van der Waals surface area contributed by atoms with E-state index in [1.165, 1.54) is 11.0 Å². The second-order valence-electron chi connectivity index (χ2n) is 6.27. The third-order valence-electron chi connectivity index (χ3n) is 4.39. The summed E-state index contributed by atoms with van der Waals surface area (Å²) in [5, 5.41) is 7.10. The first kappa shape index (κ1) is 18.1. The maximum absolute atomic E-state index is 12.8. The van der Waals surface area contributed by atoms with Crippen molar-refractivity contribution in [3.05, 3.63) is 43.1 Å². The quantitative estimate of drug-likeness (QED) is 0.721.